The molecule has 8 nitrogen and oxygen atoms in total. The summed E-state index contributed by atoms with van der Waals surface area (Å²) in [5.41, 5.74) is 8.07. The van der Waals surface area contributed by atoms with E-state index in [1.165, 1.54) is 0 Å². The van der Waals surface area contributed by atoms with Crippen LogP contribution in [-0.4, -0.2) is 43.8 Å². The van der Waals surface area contributed by atoms with Gasteiger partial charge in [0, 0.05) is 23.7 Å². The molecule has 0 amide bonds. The van der Waals surface area contributed by atoms with Crippen LogP contribution in [-0.2, 0) is 10.1 Å². The maximum atomic E-state index is 13.6. The molecule has 2 fully saturated rings. The quantitative estimate of drug-likeness (QED) is 0.531. The van der Waals surface area contributed by atoms with Crippen LogP contribution in [0.2, 0.25) is 0 Å². The van der Waals surface area contributed by atoms with Crippen molar-refractivity contribution in [3.63, 3.8) is 0 Å². The summed E-state index contributed by atoms with van der Waals surface area (Å²) in [6, 6.07) is 1.88. The molecule has 3 aromatic heterocycles. The summed E-state index contributed by atoms with van der Waals surface area (Å²) in [5, 5.41) is 0.407. The van der Waals surface area contributed by atoms with Gasteiger partial charge in [-0.05, 0) is 37.7 Å². The number of nitrogens with zero attached hydrogens (tertiary/aromatic N) is 3. The molecule has 3 atom stereocenters. The van der Waals surface area contributed by atoms with Crippen LogP contribution >= 0.6 is 0 Å². The fourth-order valence-electron chi connectivity index (χ4n) is 4.37. The molecule has 2 aliphatic rings. The van der Waals surface area contributed by atoms with Crippen LogP contribution in [0, 0.1) is 5.92 Å². The molecule has 0 spiro atoms. The van der Waals surface area contributed by atoms with Crippen LogP contribution in [0.5, 0.6) is 0 Å². The van der Waals surface area contributed by atoms with Gasteiger partial charge >= 0.3 is 0 Å². The molecule has 0 unspecified atom stereocenters. The van der Waals surface area contributed by atoms with E-state index in [9.17, 15) is 17.2 Å². The number of halogens is 2. The van der Waals surface area contributed by atoms with E-state index >= 15 is 0 Å². The number of aromatic nitrogens is 4. The molecule has 2 aliphatic carbocycles. The molecule has 11 heteroatoms. The standard InChI is InChI=1S/C16H19F2N5.C3H6O3S/c1-2-8-5-9(19)6-12(8)23-13-10-3-4-20-15(10)21-7-11(13)22-16(23)14(17)18;4-7(5,6)3-1-2-3/h3-4,7-9,12,14H,2,5-6,19H2,1H3,(H,20,21);3H,1-2H2,(H,4,5,6)/t8-,9+,12+;/m1./s1. The van der Waals surface area contributed by atoms with Crippen molar-refractivity contribution in [1.29, 1.82) is 0 Å². The van der Waals surface area contributed by atoms with Crippen molar-refractivity contribution in [3.05, 3.63) is 24.3 Å². The van der Waals surface area contributed by atoms with Gasteiger partial charge in [-0.3, -0.25) is 4.55 Å². The van der Waals surface area contributed by atoms with Gasteiger partial charge in [0.1, 0.15) is 11.2 Å². The van der Waals surface area contributed by atoms with Crippen molar-refractivity contribution in [3.8, 4) is 0 Å². The molecule has 3 aromatic rings. The second-order valence-electron chi connectivity index (χ2n) is 8.05. The first-order valence-electron chi connectivity index (χ1n) is 10.0. The molecule has 0 saturated heterocycles. The molecule has 164 valence electrons. The zero-order valence-electron chi connectivity index (χ0n) is 16.5. The topological polar surface area (TPSA) is 127 Å². The number of nitrogens with one attached hydrogen (secondary N) is 1. The Kier molecular flexibility index (Phi) is 5.54. The first-order chi connectivity index (χ1) is 14.2. The highest BCUT2D eigenvalue weighted by Crippen LogP contribution is 2.42. The summed E-state index contributed by atoms with van der Waals surface area (Å²) in [6.07, 6.45) is 4.48. The van der Waals surface area contributed by atoms with Gasteiger partial charge in [0.25, 0.3) is 16.5 Å². The van der Waals surface area contributed by atoms with E-state index in [1.807, 2.05) is 6.07 Å². The summed E-state index contributed by atoms with van der Waals surface area (Å²) in [6.45, 7) is 2.09. The van der Waals surface area contributed by atoms with E-state index < -0.39 is 21.8 Å². The molecule has 0 aliphatic heterocycles. The average molecular weight is 442 g/mol. The molecule has 0 aromatic carbocycles. The first-order valence-corrected chi connectivity index (χ1v) is 11.5. The first kappa shape index (κ1) is 21.1. The third-order valence-corrected chi connectivity index (χ3v) is 7.27. The number of alkyl halides is 2. The fourth-order valence-corrected chi connectivity index (χ4v) is 5.10. The summed E-state index contributed by atoms with van der Waals surface area (Å²) in [5.74, 6) is 0.120. The number of hydrogen-bond acceptors (Lipinski definition) is 5. The average Bonchev–Trinajstić information content (AvgIpc) is 3.17. The highest BCUT2D eigenvalue weighted by atomic mass is 32.2. The molecule has 0 bridgehead atoms. The lowest BCUT2D eigenvalue weighted by Crippen LogP contribution is -2.18. The number of rotatable bonds is 4. The van der Waals surface area contributed by atoms with E-state index in [1.54, 1.807) is 17.0 Å². The minimum Gasteiger partial charge on any atom is -0.346 e. The Balaban J connectivity index is 0.000000265. The van der Waals surface area contributed by atoms with E-state index in [2.05, 4.69) is 21.9 Å². The van der Waals surface area contributed by atoms with Gasteiger partial charge in [0.05, 0.1) is 17.0 Å². The van der Waals surface area contributed by atoms with E-state index in [0.717, 1.165) is 23.7 Å². The van der Waals surface area contributed by atoms with Crippen LogP contribution in [0.4, 0.5) is 8.78 Å². The predicted molar refractivity (Wildman–Crippen MR) is 109 cm³/mol. The summed E-state index contributed by atoms with van der Waals surface area (Å²) in [7, 11) is -3.63. The van der Waals surface area contributed by atoms with Crippen LogP contribution in [0.25, 0.3) is 22.1 Å². The Bertz CT molecular complexity index is 1160. The highest BCUT2D eigenvalue weighted by molar-refractivity contribution is 7.86. The lowest BCUT2D eigenvalue weighted by Gasteiger charge is -2.22. The lowest BCUT2D eigenvalue weighted by molar-refractivity contribution is 0.131. The van der Waals surface area contributed by atoms with E-state index in [4.69, 9.17) is 10.3 Å². The van der Waals surface area contributed by atoms with E-state index in [-0.39, 0.29) is 17.9 Å². The number of imidazole rings is 1. The third kappa shape index (κ3) is 3.93. The van der Waals surface area contributed by atoms with Crippen LogP contribution in [0.1, 0.15) is 57.3 Å². The van der Waals surface area contributed by atoms with Gasteiger partial charge in [-0.25, -0.2) is 18.7 Å². The summed E-state index contributed by atoms with van der Waals surface area (Å²) < 4.78 is 57.0. The largest absolute Gasteiger partial charge is 0.346 e. The van der Waals surface area contributed by atoms with Crippen molar-refractivity contribution in [1.82, 2.24) is 19.5 Å². The van der Waals surface area contributed by atoms with Crippen LogP contribution < -0.4 is 5.73 Å². The Morgan fingerprint density at radius 3 is 2.67 bits per heavy atom. The lowest BCUT2D eigenvalue weighted by atomic mass is 10.00. The molecular formula is C19H25F2N5O3S. The molecule has 5 rings (SSSR count). The van der Waals surface area contributed by atoms with Crippen molar-refractivity contribution in [2.75, 3.05) is 0 Å². The minimum absolute atomic E-state index is 0.0375. The van der Waals surface area contributed by atoms with E-state index in [0.29, 0.717) is 36.3 Å². The number of aromatic amines is 1. The summed E-state index contributed by atoms with van der Waals surface area (Å²) >= 11 is 0. The zero-order chi connectivity index (χ0) is 21.6. The molecule has 3 heterocycles. The third-order valence-electron chi connectivity index (χ3n) is 5.95. The fraction of sp³-hybridized carbons (Fsp3) is 0.579. The van der Waals surface area contributed by atoms with Crippen molar-refractivity contribution in [2.45, 2.75) is 62.8 Å². The van der Waals surface area contributed by atoms with Crippen molar-refractivity contribution >= 4 is 32.2 Å². The Labute approximate surface area is 172 Å². The number of nitrogens with two attached hydrogens (primary N) is 1. The maximum Gasteiger partial charge on any atom is 0.295 e. The number of pyridine rings is 1. The van der Waals surface area contributed by atoms with Gasteiger partial charge in [-0.1, -0.05) is 13.3 Å². The SMILES string of the molecule is CC[C@@H]1C[C@H](N)C[C@@H]1n1c(C(F)F)nc2cnc3[nH]ccc3c21.O=S(=O)(O)C1CC1. The van der Waals surface area contributed by atoms with Crippen molar-refractivity contribution < 1.29 is 21.8 Å². The minimum atomic E-state index is -3.63. The Morgan fingerprint density at radius 2 is 2.10 bits per heavy atom. The molecule has 30 heavy (non-hydrogen) atoms. The van der Waals surface area contributed by atoms with Crippen LogP contribution in [0.15, 0.2) is 18.5 Å². The van der Waals surface area contributed by atoms with Gasteiger partial charge < -0.3 is 15.3 Å². The van der Waals surface area contributed by atoms with Crippen LogP contribution in [0.3, 0.4) is 0 Å². The number of H-pyrrole nitrogens is 1. The number of hydrogen-bond donors (Lipinski definition) is 3. The van der Waals surface area contributed by atoms with Gasteiger partial charge in [0.15, 0.2) is 5.82 Å². The molecular weight excluding hydrogens is 416 g/mol. The second kappa shape index (κ2) is 7.86. The maximum absolute atomic E-state index is 13.6. The van der Waals surface area contributed by atoms with Gasteiger partial charge in [0.2, 0.25) is 0 Å². The highest BCUT2D eigenvalue weighted by Gasteiger charge is 2.36. The normalized spacial score (nSPS) is 24.5. The number of fused-ring (bicyclic) bond motifs is 3. The smallest absolute Gasteiger partial charge is 0.295 e. The van der Waals surface area contributed by atoms with Crippen molar-refractivity contribution in [2.24, 2.45) is 11.7 Å². The Morgan fingerprint density at radius 1 is 1.37 bits per heavy atom. The predicted octanol–water partition coefficient (Wildman–Crippen LogP) is 3.58. The van der Waals surface area contributed by atoms with Gasteiger partial charge in [-0.2, -0.15) is 8.42 Å². The molecule has 4 N–H and O–H groups in total. The monoisotopic (exact) mass is 441 g/mol. The Hall–Kier alpha value is -2.11. The molecule has 2 saturated carbocycles. The zero-order valence-corrected chi connectivity index (χ0v) is 17.3. The molecule has 0 radical (unpaired) electrons. The second-order valence-corrected chi connectivity index (χ2v) is 9.75. The summed E-state index contributed by atoms with van der Waals surface area (Å²) in [4.78, 5) is 11.5. The van der Waals surface area contributed by atoms with Gasteiger partial charge in [-0.15, -0.1) is 0 Å².